The molecule has 0 atom stereocenters. The van der Waals surface area contributed by atoms with Gasteiger partial charge in [-0.05, 0) is 62.9 Å². The summed E-state index contributed by atoms with van der Waals surface area (Å²) in [4.78, 5) is 24.9. The Morgan fingerprint density at radius 3 is 2.83 bits per heavy atom. The lowest BCUT2D eigenvalue weighted by Gasteiger charge is -2.11. The quantitative estimate of drug-likeness (QED) is 0.579. The van der Waals surface area contributed by atoms with Crippen LogP contribution in [-0.4, -0.2) is 40.2 Å². The second-order valence-corrected chi connectivity index (χ2v) is 7.55. The Bertz CT molecular complexity index is 1010. The van der Waals surface area contributed by atoms with Gasteiger partial charge >= 0.3 is 0 Å². The minimum Gasteiger partial charge on any atom is -0.491 e. The highest BCUT2D eigenvalue weighted by Crippen LogP contribution is 2.33. The number of nitrogens with one attached hydrogen (secondary N) is 2. The Labute approximate surface area is 175 Å². The molecule has 156 valence electrons. The van der Waals surface area contributed by atoms with Crippen LogP contribution in [-0.2, 0) is 17.6 Å². The summed E-state index contributed by atoms with van der Waals surface area (Å²) in [5, 5.41) is 2.97. The number of carbonyl (C=O) groups is 1. The molecular formula is C23H26N4O3. The van der Waals surface area contributed by atoms with Gasteiger partial charge in [-0.1, -0.05) is 0 Å². The summed E-state index contributed by atoms with van der Waals surface area (Å²) in [7, 11) is 0. The van der Waals surface area contributed by atoms with Crippen molar-refractivity contribution in [3.05, 3.63) is 59.8 Å². The largest absolute Gasteiger partial charge is 0.491 e. The van der Waals surface area contributed by atoms with E-state index in [2.05, 4.69) is 20.3 Å². The number of fused-ring (bicyclic) bond motifs is 3. The van der Waals surface area contributed by atoms with Gasteiger partial charge in [0.15, 0.2) is 0 Å². The van der Waals surface area contributed by atoms with E-state index in [4.69, 9.17) is 9.47 Å². The summed E-state index contributed by atoms with van der Waals surface area (Å²) in [5.74, 6) is 0.569. The first-order valence-corrected chi connectivity index (χ1v) is 10.3. The molecule has 0 saturated carbocycles. The number of aromatic nitrogens is 3. The van der Waals surface area contributed by atoms with Crippen LogP contribution in [0.4, 0.5) is 5.69 Å². The maximum absolute atomic E-state index is 13.0. The van der Waals surface area contributed by atoms with Crippen molar-refractivity contribution in [3.8, 4) is 17.0 Å². The van der Waals surface area contributed by atoms with Gasteiger partial charge in [0.1, 0.15) is 18.7 Å². The summed E-state index contributed by atoms with van der Waals surface area (Å²) < 4.78 is 11.1. The first-order chi connectivity index (χ1) is 14.6. The average Bonchev–Trinajstić information content (AvgIpc) is 3.08. The lowest BCUT2D eigenvalue weighted by atomic mass is 10.0. The van der Waals surface area contributed by atoms with Gasteiger partial charge in [0.05, 0.1) is 24.0 Å². The molecule has 3 aromatic rings. The Balaban J connectivity index is 1.45. The molecule has 1 aliphatic rings. The lowest BCUT2D eigenvalue weighted by Crippen LogP contribution is -2.13. The third kappa shape index (κ3) is 4.52. The van der Waals surface area contributed by atoms with Gasteiger partial charge in [0, 0.05) is 29.3 Å². The Morgan fingerprint density at radius 2 is 2.03 bits per heavy atom. The van der Waals surface area contributed by atoms with Crippen molar-refractivity contribution in [1.29, 1.82) is 0 Å². The molecule has 1 aliphatic carbocycles. The highest BCUT2D eigenvalue weighted by atomic mass is 16.5. The molecule has 30 heavy (non-hydrogen) atoms. The van der Waals surface area contributed by atoms with Gasteiger partial charge in [-0.3, -0.25) is 4.79 Å². The van der Waals surface area contributed by atoms with Crippen LogP contribution < -0.4 is 10.1 Å². The van der Waals surface area contributed by atoms with E-state index in [1.54, 1.807) is 6.20 Å². The van der Waals surface area contributed by atoms with E-state index in [0.29, 0.717) is 24.5 Å². The third-order valence-electron chi connectivity index (χ3n) is 5.02. The summed E-state index contributed by atoms with van der Waals surface area (Å²) >= 11 is 0. The summed E-state index contributed by atoms with van der Waals surface area (Å²) in [6.07, 6.45) is 8.12. The fraction of sp³-hybridized carbons (Fsp3) is 0.348. The van der Waals surface area contributed by atoms with Gasteiger partial charge in [0.2, 0.25) is 0 Å². The topological polar surface area (TPSA) is 89.1 Å². The monoisotopic (exact) mass is 406 g/mol. The Hall–Kier alpha value is -3.19. The van der Waals surface area contributed by atoms with Crippen molar-refractivity contribution in [3.63, 3.8) is 0 Å². The number of hydrogen-bond acceptors (Lipinski definition) is 5. The van der Waals surface area contributed by atoms with E-state index in [9.17, 15) is 4.79 Å². The van der Waals surface area contributed by atoms with Gasteiger partial charge in [-0.2, -0.15) is 0 Å². The summed E-state index contributed by atoms with van der Waals surface area (Å²) in [6, 6.07) is 7.34. The fourth-order valence-electron chi connectivity index (χ4n) is 3.61. The lowest BCUT2D eigenvalue weighted by molar-refractivity contribution is 0.0553. The molecule has 0 bridgehead atoms. The predicted octanol–water partition coefficient (Wildman–Crippen LogP) is 4.02. The molecule has 4 rings (SSSR count). The zero-order valence-corrected chi connectivity index (χ0v) is 17.3. The Morgan fingerprint density at radius 1 is 1.20 bits per heavy atom. The van der Waals surface area contributed by atoms with E-state index < -0.39 is 0 Å². The van der Waals surface area contributed by atoms with Crippen LogP contribution >= 0.6 is 0 Å². The third-order valence-corrected chi connectivity index (χ3v) is 5.02. The fourth-order valence-corrected chi connectivity index (χ4v) is 3.61. The molecule has 1 amide bonds. The number of benzene rings is 1. The second kappa shape index (κ2) is 9.09. The Kier molecular flexibility index (Phi) is 6.09. The van der Waals surface area contributed by atoms with Crippen LogP contribution in [0.3, 0.4) is 0 Å². The summed E-state index contributed by atoms with van der Waals surface area (Å²) in [6.45, 7) is 5.01. The first-order valence-electron chi connectivity index (χ1n) is 10.3. The number of hydrogen-bond donors (Lipinski definition) is 2. The molecule has 2 N–H and O–H groups in total. The molecule has 7 heteroatoms. The van der Waals surface area contributed by atoms with Crippen molar-refractivity contribution in [1.82, 2.24) is 15.0 Å². The standard InChI is InChI=1S/C23H26N4O3/c1-15(2)29-10-11-30-18-8-6-17(7-9-18)27-23(28)19-13-25-20-5-3-4-16-12-24-14-26-22(16)21(19)20/h6-9,12-15,25H,3-5,10-11H2,1-2H3,(H,27,28). The van der Waals surface area contributed by atoms with E-state index in [0.717, 1.165) is 47.5 Å². The van der Waals surface area contributed by atoms with E-state index in [1.165, 1.54) is 6.33 Å². The number of anilines is 1. The molecule has 0 aliphatic heterocycles. The number of aromatic amines is 1. The second-order valence-electron chi connectivity index (χ2n) is 7.55. The number of amides is 1. The number of ether oxygens (including phenoxy) is 2. The van der Waals surface area contributed by atoms with Crippen molar-refractivity contribution in [2.24, 2.45) is 0 Å². The smallest absolute Gasteiger partial charge is 0.257 e. The highest BCUT2D eigenvalue weighted by Gasteiger charge is 2.24. The summed E-state index contributed by atoms with van der Waals surface area (Å²) in [5.41, 5.74) is 5.15. The van der Waals surface area contributed by atoms with Crippen LogP contribution in [0.15, 0.2) is 43.0 Å². The first kappa shape index (κ1) is 20.1. The predicted molar refractivity (Wildman–Crippen MR) is 115 cm³/mol. The molecule has 1 aromatic carbocycles. The number of carbonyl (C=O) groups excluding carboxylic acids is 1. The molecule has 2 heterocycles. The van der Waals surface area contributed by atoms with Crippen molar-refractivity contribution >= 4 is 11.6 Å². The van der Waals surface area contributed by atoms with Crippen LogP contribution in [0.25, 0.3) is 11.3 Å². The average molecular weight is 406 g/mol. The van der Waals surface area contributed by atoms with Gasteiger partial charge in [-0.15, -0.1) is 0 Å². The zero-order valence-electron chi connectivity index (χ0n) is 17.3. The molecule has 0 saturated heterocycles. The van der Waals surface area contributed by atoms with Gasteiger partial charge in [-0.25, -0.2) is 9.97 Å². The SMILES string of the molecule is CC(C)OCCOc1ccc(NC(=O)c2c[nH]c3c2-c2ncncc2CCC3)cc1. The molecule has 0 spiro atoms. The van der Waals surface area contributed by atoms with E-state index >= 15 is 0 Å². The van der Waals surface area contributed by atoms with Crippen LogP contribution in [0.2, 0.25) is 0 Å². The normalized spacial score (nSPS) is 12.8. The van der Waals surface area contributed by atoms with Crippen molar-refractivity contribution < 1.29 is 14.3 Å². The van der Waals surface area contributed by atoms with Crippen LogP contribution in [0.1, 0.15) is 41.9 Å². The highest BCUT2D eigenvalue weighted by molar-refractivity contribution is 6.09. The minimum absolute atomic E-state index is 0.169. The number of aryl methyl sites for hydroxylation is 2. The molecular weight excluding hydrogens is 380 g/mol. The molecule has 2 aromatic heterocycles. The van der Waals surface area contributed by atoms with E-state index in [1.807, 2.05) is 44.3 Å². The van der Waals surface area contributed by atoms with Crippen molar-refractivity contribution in [2.45, 2.75) is 39.2 Å². The number of H-pyrrole nitrogens is 1. The molecule has 0 fully saturated rings. The maximum Gasteiger partial charge on any atom is 0.257 e. The van der Waals surface area contributed by atoms with Crippen molar-refractivity contribution in [2.75, 3.05) is 18.5 Å². The maximum atomic E-state index is 13.0. The number of rotatable bonds is 7. The number of nitrogens with zero attached hydrogens (tertiary/aromatic N) is 2. The van der Waals surface area contributed by atoms with Crippen LogP contribution in [0, 0.1) is 0 Å². The van der Waals surface area contributed by atoms with Gasteiger partial charge < -0.3 is 19.8 Å². The van der Waals surface area contributed by atoms with Crippen LogP contribution in [0.5, 0.6) is 5.75 Å². The molecule has 7 nitrogen and oxygen atoms in total. The molecule has 0 radical (unpaired) electrons. The van der Waals surface area contributed by atoms with E-state index in [-0.39, 0.29) is 12.0 Å². The zero-order chi connectivity index (χ0) is 20.9. The molecule has 0 unspecified atom stereocenters. The van der Waals surface area contributed by atoms with Gasteiger partial charge in [0.25, 0.3) is 5.91 Å². The minimum atomic E-state index is -0.169.